The maximum absolute atomic E-state index is 11.9. The summed E-state index contributed by atoms with van der Waals surface area (Å²) in [7, 11) is -3.61. The van der Waals surface area contributed by atoms with E-state index in [0.29, 0.717) is 0 Å². The van der Waals surface area contributed by atoms with Crippen LogP contribution < -0.4 is 5.32 Å². The number of aryl methyl sites for hydroxylation is 1. The molecular formula is C21H25NO4S. The minimum absolute atomic E-state index is 0.00678. The average Bonchev–Trinajstić information content (AvgIpc) is 2.65. The Labute approximate surface area is 160 Å². The lowest BCUT2D eigenvalue weighted by Gasteiger charge is -2.33. The second kappa shape index (κ2) is 8.67. The van der Waals surface area contributed by atoms with E-state index in [9.17, 15) is 13.2 Å². The summed E-state index contributed by atoms with van der Waals surface area (Å²) in [5.41, 5.74) is 3.79. The molecule has 0 bridgehead atoms. The molecule has 1 aliphatic carbocycles. The fourth-order valence-corrected chi connectivity index (χ4v) is 4.87. The smallest absolute Gasteiger partial charge is 0.318 e. The lowest BCUT2D eigenvalue weighted by atomic mass is 9.77. The molecule has 0 spiro atoms. The number of benzene rings is 2. The molecule has 6 heteroatoms. The molecule has 144 valence electrons. The van der Waals surface area contributed by atoms with E-state index in [1.54, 1.807) is 0 Å². The van der Waals surface area contributed by atoms with Gasteiger partial charge in [-0.05, 0) is 36.0 Å². The molecular weight excluding hydrogens is 362 g/mol. The second-order valence-corrected chi connectivity index (χ2v) is 9.21. The number of carboxylic acid groups (broad SMARTS) is 1. The highest BCUT2D eigenvalue weighted by Crippen LogP contribution is 2.40. The molecule has 2 aromatic carbocycles. The lowest BCUT2D eigenvalue weighted by Crippen LogP contribution is -2.33. The molecule has 0 saturated heterocycles. The zero-order valence-electron chi connectivity index (χ0n) is 15.2. The molecule has 1 aliphatic rings. The molecule has 2 atom stereocenters. The molecule has 0 aliphatic heterocycles. The minimum atomic E-state index is -3.61. The number of nitrogens with one attached hydrogen (secondary N) is 1. The van der Waals surface area contributed by atoms with Crippen LogP contribution in [0, 0.1) is 0 Å². The van der Waals surface area contributed by atoms with Crippen LogP contribution in [0.4, 0.5) is 0 Å². The third-order valence-corrected chi connectivity index (χ3v) is 6.61. The second-order valence-electron chi connectivity index (χ2n) is 7.03. The predicted molar refractivity (Wildman–Crippen MR) is 106 cm³/mol. The first-order chi connectivity index (χ1) is 13.0. The lowest BCUT2D eigenvalue weighted by molar-refractivity contribution is -0.134. The summed E-state index contributed by atoms with van der Waals surface area (Å²) in [5.74, 6) is -2.05. The molecule has 0 saturated carbocycles. The number of carboxylic acids is 1. The van der Waals surface area contributed by atoms with Crippen LogP contribution in [0.25, 0.3) is 0 Å². The number of aliphatic carboxylic acids is 1. The van der Waals surface area contributed by atoms with Crippen molar-refractivity contribution in [3.63, 3.8) is 0 Å². The summed E-state index contributed by atoms with van der Waals surface area (Å²) in [6.45, 7) is 0.230. The Kier molecular flexibility index (Phi) is 6.29. The predicted octanol–water partition coefficient (Wildman–Crippen LogP) is 2.94. The number of carbonyl (C=O) groups is 1. The van der Waals surface area contributed by atoms with Gasteiger partial charge in [0.15, 0.2) is 9.84 Å². The van der Waals surface area contributed by atoms with Crippen molar-refractivity contribution in [1.82, 2.24) is 5.32 Å². The molecule has 2 unspecified atom stereocenters. The third-order valence-electron chi connectivity index (χ3n) is 5.10. The number of rotatable bonds is 8. The topological polar surface area (TPSA) is 83.5 Å². The van der Waals surface area contributed by atoms with Gasteiger partial charge in [0.2, 0.25) is 0 Å². The van der Waals surface area contributed by atoms with Crippen LogP contribution in [0.3, 0.4) is 0 Å². The Balaban J connectivity index is 1.80. The number of fused-ring (bicyclic) bond motifs is 1. The van der Waals surface area contributed by atoms with E-state index in [0.717, 1.165) is 24.8 Å². The van der Waals surface area contributed by atoms with Gasteiger partial charge in [-0.25, -0.2) is 8.42 Å². The Morgan fingerprint density at radius 1 is 1.11 bits per heavy atom. The standard InChI is InChI=1S/C21H25NO4S/c23-20(24)15-27(25,26)14-13-22-21(17-8-2-1-3-9-17)19-12-6-10-16-7-4-5-11-18(16)19/h1-5,7-9,11,19,21-22H,6,10,12-15H2,(H,23,24). The van der Waals surface area contributed by atoms with Gasteiger partial charge >= 0.3 is 5.97 Å². The van der Waals surface area contributed by atoms with Crippen molar-refractivity contribution in [2.45, 2.75) is 31.2 Å². The van der Waals surface area contributed by atoms with Crippen molar-refractivity contribution in [1.29, 1.82) is 0 Å². The highest BCUT2D eigenvalue weighted by atomic mass is 32.2. The molecule has 0 fully saturated rings. The molecule has 2 N–H and O–H groups in total. The quantitative estimate of drug-likeness (QED) is 0.728. The van der Waals surface area contributed by atoms with Gasteiger partial charge in [-0.15, -0.1) is 0 Å². The SMILES string of the molecule is O=C(O)CS(=O)(=O)CCNC(c1ccccc1)C1CCCc2ccccc21. The summed E-state index contributed by atoms with van der Waals surface area (Å²) >= 11 is 0. The Bertz CT molecular complexity index is 880. The fraction of sp³-hybridized carbons (Fsp3) is 0.381. The van der Waals surface area contributed by atoms with E-state index in [4.69, 9.17) is 5.11 Å². The van der Waals surface area contributed by atoms with Crippen LogP contribution >= 0.6 is 0 Å². The zero-order chi connectivity index (χ0) is 19.3. The van der Waals surface area contributed by atoms with Crippen LogP contribution in [0.15, 0.2) is 54.6 Å². The molecule has 0 amide bonds. The van der Waals surface area contributed by atoms with Crippen molar-refractivity contribution in [2.24, 2.45) is 0 Å². The Morgan fingerprint density at radius 2 is 1.81 bits per heavy atom. The number of sulfone groups is 1. The summed E-state index contributed by atoms with van der Waals surface area (Å²) in [5, 5.41) is 12.2. The fourth-order valence-electron chi connectivity index (χ4n) is 3.92. The zero-order valence-corrected chi connectivity index (χ0v) is 16.0. The van der Waals surface area contributed by atoms with E-state index >= 15 is 0 Å². The van der Waals surface area contributed by atoms with Crippen LogP contribution in [-0.2, 0) is 21.1 Å². The van der Waals surface area contributed by atoms with Crippen molar-refractivity contribution in [2.75, 3.05) is 18.1 Å². The first kappa shape index (κ1) is 19.6. The van der Waals surface area contributed by atoms with E-state index in [1.807, 2.05) is 18.2 Å². The Morgan fingerprint density at radius 3 is 2.56 bits per heavy atom. The van der Waals surface area contributed by atoms with E-state index in [2.05, 4.69) is 41.7 Å². The summed E-state index contributed by atoms with van der Waals surface area (Å²) in [4.78, 5) is 10.7. The molecule has 3 rings (SSSR count). The molecule has 2 aromatic rings. The van der Waals surface area contributed by atoms with Gasteiger partial charge in [0.25, 0.3) is 0 Å². The van der Waals surface area contributed by atoms with Gasteiger partial charge in [-0.3, -0.25) is 4.79 Å². The van der Waals surface area contributed by atoms with Gasteiger partial charge in [-0.2, -0.15) is 0 Å². The van der Waals surface area contributed by atoms with Gasteiger partial charge in [0, 0.05) is 18.5 Å². The molecule has 0 radical (unpaired) electrons. The van der Waals surface area contributed by atoms with Gasteiger partial charge in [-0.1, -0.05) is 54.6 Å². The van der Waals surface area contributed by atoms with Crippen molar-refractivity contribution in [3.8, 4) is 0 Å². The third kappa shape index (κ3) is 5.17. The van der Waals surface area contributed by atoms with E-state index < -0.39 is 21.6 Å². The summed E-state index contributed by atoms with van der Waals surface area (Å²) in [6, 6.07) is 18.5. The van der Waals surface area contributed by atoms with Gasteiger partial charge in [0.1, 0.15) is 5.75 Å². The van der Waals surface area contributed by atoms with E-state index in [1.165, 1.54) is 11.1 Å². The monoisotopic (exact) mass is 387 g/mol. The molecule has 0 aromatic heterocycles. The number of hydrogen-bond donors (Lipinski definition) is 2. The average molecular weight is 388 g/mol. The maximum atomic E-state index is 11.9. The van der Waals surface area contributed by atoms with Crippen molar-refractivity contribution < 1.29 is 18.3 Å². The first-order valence-electron chi connectivity index (χ1n) is 9.24. The molecule has 0 heterocycles. The number of hydrogen-bond acceptors (Lipinski definition) is 4. The summed E-state index contributed by atoms with van der Waals surface area (Å²) < 4.78 is 23.8. The maximum Gasteiger partial charge on any atom is 0.318 e. The normalized spacial score (nSPS) is 17.9. The Hall–Kier alpha value is -2.18. The van der Waals surface area contributed by atoms with Crippen molar-refractivity contribution >= 4 is 15.8 Å². The van der Waals surface area contributed by atoms with Crippen LogP contribution in [0.5, 0.6) is 0 Å². The van der Waals surface area contributed by atoms with E-state index in [-0.39, 0.29) is 24.3 Å². The van der Waals surface area contributed by atoms with Gasteiger partial charge in [0.05, 0.1) is 5.75 Å². The van der Waals surface area contributed by atoms with Crippen LogP contribution in [0.1, 0.15) is 41.5 Å². The van der Waals surface area contributed by atoms with Crippen LogP contribution in [0.2, 0.25) is 0 Å². The molecule has 27 heavy (non-hydrogen) atoms. The molecule has 5 nitrogen and oxygen atoms in total. The minimum Gasteiger partial charge on any atom is -0.480 e. The van der Waals surface area contributed by atoms with Gasteiger partial charge < -0.3 is 10.4 Å². The highest BCUT2D eigenvalue weighted by Gasteiger charge is 2.29. The first-order valence-corrected chi connectivity index (χ1v) is 11.1. The summed E-state index contributed by atoms with van der Waals surface area (Å²) in [6.07, 6.45) is 3.20. The van der Waals surface area contributed by atoms with Crippen molar-refractivity contribution in [3.05, 3.63) is 71.3 Å². The van der Waals surface area contributed by atoms with Crippen LogP contribution in [-0.4, -0.2) is 37.5 Å². The highest BCUT2D eigenvalue weighted by molar-refractivity contribution is 7.92. The largest absolute Gasteiger partial charge is 0.480 e.